The van der Waals surface area contributed by atoms with Crippen LogP contribution in [-0.4, -0.2) is 41.8 Å². The fraction of sp³-hybridized carbons (Fsp3) is 0.391. The number of nitrogens with one attached hydrogen (secondary N) is 1. The van der Waals surface area contributed by atoms with E-state index in [1.54, 1.807) is 16.7 Å². The van der Waals surface area contributed by atoms with Crippen molar-refractivity contribution in [2.45, 2.75) is 36.8 Å². The van der Waals surface area contributed by atoms with Crippen molar-refractivity contribution in [3.05, 3.63) is 66.2 Å². The molecule has 0 aromatic heterocycles. The van der Waals surface area contributed by atoms with Crippen LogP contribution in [0.1, 0.15) is 31.2 Å². The summed E-state index contributed by atoms with van der Waals surface area (Å²) in [6, 6.07) is 20.0. The SMILES string of the molecule is O=C(CN1C(=O)CC1SCc1ccccc1)NCCCCCOc1ccccc1. The molecule has 2 aromatic carbocycles. The van der Waals surface area contributed by atoms with Crippen LogP contribution < -0.4 is 10.1 Å². The lowest BCUT2D eigenvalue weighted by molar-refractivity contribution is -0.145. The number of thioether (sulfide) groups is 1. The monoisotopic (exact) mass is 412 g/mol. The minimum atomic E-state index is -0.0797. The van der Waals surface area contributed by atoms with Gasteiger partial charge in [-0.3, -0.25) is 9.59 Å². The van der Waals surface area contributed by atoms with E-state index in [4.69, 9.17) is 4.74 Å². The van der Waals surface area contributed by atoms with Gasteiger partial charge < -0.3 is 15.0 Å². The Hall–Kier alpha value is -2.47. The zero-order valence-electron chi connectivity index (χ0n) is 16.6. The number of carbonyl (C=O) groups excluding carboxylic acids is 2. The van der Waals surface area contributed by atoms with Gasteiger partial charge in [0.1, 0.15) is 12.3 Å². The zero-order valence-corrected chi connectivity index (χ0v) is 17.4. The van der Waals surface area contributed by atoms with Crippen molar-refractivity contribution in [2.24, 2.45) is 0 Å². The molecule has 0 saturated carbocycles. The molecule has 1 aliphatic heterocycles. The highest BCUT2D eigenvalue weighted by atomic mass is 32.2. The van der Waals surface area contributed by atoms with Crippen molar-refractivity contribution >= 4 is 23.6 Å². The van der Waals surface area contributed by atoms with Gasteiger partial charge in [0.25, 0.3) is 0 Å². The Morgan fingerprint density at radius 2 is 1.76 bits per heavy atom. The maximum atomic E-state index is 12.1. The fourth-order valence-electron chi connectivity index (χ4n) is 3.08. The number of amides is 2. The Morgan fingerprint density at radius 1 is 1.03 bits per heavy atom. The van der Waals surface area contributed by atoms with Gasteiger partial charge in [-0.15, -0.1) is 11.8 Å². The van der Waals surface area contributed by atoms with Crippen LogP contribution in [0, 0.1) is 0 Å². The number of carbonyl (C=O) groups is 2. The van der Waals surface area contributed by atoms with Gasteiger partial charge in [0.2, 0.25) is 11.8 Å². The second-order valence-corrected chi connectivity index (χ2v) is 8.22. The molecule has 0 radical (unpaired) electrons. The van der Waals surface area contributed by atoms with Crippen molar-refractivity contribution in [3.8, 4) is 5.75 Å². The number of likely N-dealkylation sites (tertiary alicyclic amines) is 1. The molecule has 1 atom stereocenters. The van der Waals surface area contributed by atoms with Crippen LogP contribution in [-0.2, 0) is 15.3 Å². The van der Waals surface area contributed by atoms with E-state index in [0.717, 1.165) is 30.8 Å². The molecule has 1 aliphatic rings. The smallest absolute Gasteiger partial charge is 0.239 e. The van der Waals surface area contributed by atoms with Crippen LogP contribution in [0.4, 0.5) is 0 Å². The molecule has 1 heterocycles. The van der Waals surface area contributed by atoms with Crippen LogP contribution in [0.5, 0.6) is 5.75 Å². The number of nitrogens with zero attached hydrogens (tertiary/aromatic N) is 1. The van der Waals surface area contributed by atoms with E-state index in [0.29, 0.717) is 19.6 Å². The summed E-state index contributed by atoms with van der Waals surface area (Å²) in [4.78, 5) is 25.7. The summed E-state index contributed by atoms with van der Waals surface area (Å²) in [5.74, 6) is 1.72. The lowest BCUT2D eigenvalue weighted by atomic mass is 10.2. The van der Waals surface area contributed by atoms with Crippen molar-refractivity contribution in [1.29, 1.82) is 0 Å². The third-order valence-electron chi connectivity index (χ3n) is 4.77. The van der Waals surface area contributed by atoms with E-state index in [9.17, 15) is 9.59 Å². The summed E-state index contributed by atoms with van der Waals surface area (Å²) in [6.45, 7) is 1.47. The summed E-state index contributed by atoms with van der Waals surface area (Å²) in [5, 5.41) is 3.02. The number of ether oxygens (including phenoxy) is 1. The topological polar surface area (TPSA) is 58.6 Å². The number of unbranched alkanes of at least 4 members (excludes halogenated alkanes) is 2. The highest BCUT2D eigenvalue weighted by molar-refractivity contribution is 7.99. The first kappa shape index (κ1) is 21.2. The van der Waals surface area contributed by atoms with Crippen molar-refractivity contribution in [1.82, 2.24) is 10.2 Å². The van der Waals surface area contributed by atoms with Crippen LogP contribution in [0.2, 0.25) is 0 Å². The predicted octanol–water partition coefficient (Wildman–Crippen LogP) is 3.84. The summed E-state index contributed by atoms with van der Waals surface area (Å²) in [5.41, 5.74) is 1.23. The lowest BCUT2D eigenvalue weighted by Gasteiger charge is -2.39. The Balaban J connectivity index is 1.24. The molecule has 1 fully saturated rings. The van der Waals surface area contributed by atoms with Gasteiger partial charge in [-0.25, -0.2) is 0 Å². The van der Waals surface area contributed by atoms with E-state index < -0.39 is 0 Å². The maximum absolute atomic E-state index is 12.1. The highest BCUT2D eigenvalue weighted by Gasteiger charge is 2.37. The van der Waals surface area contributed by atoms with Crippen molar-refractivity contribution in [3.63, 3.8) is 0 Å². The van der Waals surface area contributed by atoms with Gasteiger partial charge >= 0.3 is 0 Å². The van der Waals surface area contributed by atoms with Gasteiger partial charge in [-0.2, -0.15) is 0 Å². The molecule has 3 rings (SSSR count). The average molecular weight is 413 g/mol. The molecule has 1 unspecified atom stereocenters. The number of hydrogen-bond acceptors (Lipinski definition) is 4. The van der Waals surface area contributed by atoms with E-state index in [1.807, 2.05) is 48.5 Å². The van der Waals surface area contributed by atoms with E-state index in [2.05, 4.69) is 17.4 Å². The summed E-state index contributed by atoms with van der Waals surface area (Å²) < 4.78 is 5.65. The van der Waals surface area contributed by atoms with Crippen molar-refractivity contribution in [2.75, 3.05) is 19.7 Å². The summed E-state index contributed by atoms with van der Waals surface area (Å²) >= 11 is 1.72. The zero-order chi connectivity index (χ0) is 20.3. The summed E-state index contributed by atoms with van der Waals surface area (Å²) in [6.07, 6.45) is 3.37. The molecule has 5 nitrogen and oxygen atoms in total. The first-order valence-electron chi connectivity index (χ1n) is 10.1. The van der Waals surface area contributed by atoms with Crippen molar-refractivity contribution < 1.29 is 14.3 Å². The van der Waals surface area contributed by atoms with Crippen LogP contribution in [0.25, 0.3) is 0 Å². The van der Waals surface area contributed by atoms with E-state index in [-0.39, 0.29) is 23.7 Å². The fourth-order valence-corrected chi connectivity index (χ4v) is 4.29. The standard InChI is InChI=1S/C23H28N2O3S/c26-21(24-14-8-3-9-15-28-20-12-6-2-7-13-20)17-25-22(27)16-23(25)29-18-19-10-4-1-5-11-19/h1-2,4-7,10-13,23H,3,8-9,14-18H2,(H,24,26). The average Bonchev–Trinajstić information content (AvgIpc) is 2.75. The number of para-hydroxylation sites is 1. The molecule has 2 aromatic rings. The molecule has 0 bridgehead atoms. The Morgan fingerprint density at radius 3 is 2.48 bits per heavy atom. The van der Waals surface area contributed by atoms with Gasteiger partial charge in [0, 0.05) is 12.3 Å². The van der Waals surface area contributed by atoms with Crippen LogP contribution in [0.15, 0.2) is 60.7 Å². The number of hydrogen-bond donors (Lipinski definition) is 1. The Bertz CT molecular complexity index is 770. The largest absolute Gasteiger partial charge is 0.494 e. The highest BCUT2D eigenvalue weighted by Crippen LogP contribution is 2.31. The van der Waals surface area contributed by atoms with E-state index >= 15 is 0 Å². The quantitative estimate of drug-likeness (QED) is 0.425. The van der Waals surface area contributed by atoms with Gasteiger partial charge in [-0.1, -0.05) is 48.5 Å². The second kappa shape index (κ2) is 11.5. The molecule has 1 N–H and O–H groups in total. The lowest BCUT2D eigenvalue weighted by Crippen LogP contribution is -2.54. The molecule has 1 saturated heterocycles. The molecule has 0 aliphatic carbocycles. The third-order valence-corrected chi connectivity index (χ3v) is 6.08. The Kier molecular flexibility index (Phi) is 8.43. The first-order valence-corrected chi connectivity index (χ1v) is 11.2. The van der Waals surface area contributed by atoms with Gasteiger partial charge in [0.15, 0.2) is 0 Å². The first-order chi connectivity index (χ1) is 14.2. The minimum Gasteiger partial charge on any atom is -0.494 e. The van der Waals surface area contributed by atoms with Gasteiger partial charge in [-0.05, 0) is 37.0 Å². The third kappa shape index (κ3) is 7.13. The molecule has 154 valence electrons. The number of benzene rings is 2. The molecule has 2 amide bonds. The molecule has 6 heteroatoms. The molecular formula is C23H28N2O3S. The summed E-state index contributed by atoms with van der Waals surface area (Å²) in [7, 11) is 0. The van der Waals surface area contributed by atoms with Crippen LogP contribution in [0.3, 0.4) is 0 Å². The Labute approximate surface area is 176 Å². The predicted molar refractivity (Wildman–Crippen MR) is 117 cm³/mol. The van der Waals surface area contributed by atoms with Gasteiger partial charge in [0.05, 0.1) is 18.4 Å². The molecule has 29 heavy (non-hydrogen) atoms. The molecule has 0 spiro atoms. The second-order valence-electron chi connectivity index (χ2n) is 7.05. The maximum Gasteiger partial charge on any atom is 0.239 e. The van der Waals surface area contributed by atoms with Crippen LogP contribution >= 0.6 is 11.8 Å². The minimum absolute atomic E-state index is 0.0590. The number of rotatable bonds is 12. The number of β-lactam (4-membered cyclic amide) rings is 1. The molecular weight excluding hydrogens is 384 g/mol. The normalized spacial score (nSPS) is 15.7. The van der Waals surface area contributed by atoms with E-state index in [1.165, 1.54) is 5.56 Å².